The van der Waals surface area contributed by atoms with Crippen molar-refractivity contribution in [2.45, 2.75) is 12.6 Å². The number of fused-ring (bicyclic) bond motifs is 1. The Morgan fingerprint density at radius 3 is 3.00 bits per heavy atom. The van der Waals surface area contributed by atoms with Gasteiger partial charge in [0.1, 0.15) is 5.84 Å². The van der Waals surface area contributed by atoms with Crippen LogP contribution in [0.25, 0.3) is 0 Å². The molecule has 0 saturated heterocycles. The molecule has 12 heavy (non-hydrogen) atoms. The average Bonchev–Trinajstić information content (AvgIpc) is 2.47. The second kappa shape index (κ2) is 2.60. The van der Waals surface area contributed by atoms with Crippen LogP contribution in [0.1, 0.15) is 17.2 Å². The van der Waals surface area contributed by atoms with E-state index in [9.17, 15) is 0 Å². The number of amidine groups is 1. The van der Waals surface area contributed by atoms with Gasteiger partial charge in [-0.25, -0.2) is 0 Å². The number of rotatable bonds is 1. The van der Waals surface area contributed by atoms with Gasteiger partial charge in [0.2, 0.25) is 0 Å². The highest BCUT2D eigenvalue weighted by Crippen LogP contribution is 2.24. The normalized spacial score (nSPS) is 20.5. The molecular formula is C9H11N3. The summed E-state index contributed by atoms with van der Waals surface area (Å²) in [6.07, 6.45) is 0. The second-order valence-corrected chi connectivity index (χ2v) is 2.97. The first-order valence-electron chi connectivity index (χ1n) is 3.94. The molecule has 1 aromatic rings. The highest BCUT2D eigenvalue weighted by Gasteiger charge is 2.22. The lowest BCUT2D eigenvalue weighted by atomic mass is 10.0. The molecule has 3 nitrogen and oxygen atoms in total. The smallest absolute Gasteiger partial charge is 0.113 e. The molecule has 0 fully saturated rings. The van der Waals surface area contributed by atoms with E-state index in [-0.39, 0.29) is 11.9 Å². The summed E-state index contributed by atoms with van der Waals surface area (Å²) in [4.78, 5) is 0. The van der Waals surface area contributed by atoms with Crippen LogP contribution in [0.2, 0.25) is 0 Å². The van der Waals surface area contributed by atoms with Crippen LogP contribution in [0.4, 0.5) is 0 Å². The van der Waals surface area contributed by atoms with Crippen molar-refractivity contribution < 1.29 is 0 Å². The van der Waals surface area contributed by atoms with Crippen LogP contribution in [0.3, 0.4) is 0 Å². The summed E-state index contributed by atoms with van der Waals surface area (Å²) >= 11 is 0. The van der Waals surface area contributed by atoms with Crippen LogP contribution in [0.5, 0.6) is 0 Å². The van der Waals surface area contributed by atoms with Crippen LogP contribution < -0.4 is 11.1 Å². The van der Waals surface area contributed by atoms with E-state index in [2.05, 4.69) is 11.4 Å². The van der Waals surface area contributed by atoms with E-state index in [4.69, 9.17) is 11.1 Å². The predicted molar refractivity (Wildman–Crippen MR) is 47.9 cm³/mol. The number of benzene rings is 1. The Balaban J connectivity index is 2.42. The SMILES string of the molecule is N=C(N)C1NCc2ccccc21. The minimum absolute atomic E-state index is 0.0683. The molecule has 2 rings (SSSR count). The third-order valence-corrected chi connectivity index (χ3v) is 2.17. The van der Waals surface area contributed by atoms with E-state index in [1.807, 2.05) is 18.2 Å². The van der Waals surface area contributed by atoms with Crippen molar-refractivity contribution in [2.75, 3.05) is 0 Å². The van der Waals surface area contributed by atoms with Crippen molar-refractivity contribution in [3.05, 3.63) is 35.4 Å². The van der Waals surface area contributed by atoms with Crippen LogP contribution >= 0.6 is 0 Å². The fraction of sp³-hybridized carbons (Fsp3) is 0.222. The number of nitrogens with one attached hydrogen (secondary N) is 2. The van der Waals surface area contributed by atoms with E-state index >= 15 is 0 Å². The lowest BCUT2D eigenvalue weighted by molar-refractivity contribution is 0.706. The second-order valence-electron chi connectivity index (χ2n) is 2.97. The highest BCUT2D eigenvalue weighted by atomic mass is 15.0. The Morgan fingerprint density at radius 2 is 2.25 bits per heavy atom. The quantitative estimate of drug-likeness (QED) is 0.421. The first kappa shape index (κ1) is 7.31. The molecule has 1 atom stereocenters. The van der Waals surface area contributed by atoms with Gasteiger partial charge in [-0.1, -0.05) is 24.3 Å². The van der Waals surface area contributed by atoms with Gasteiger partial charge in [0, 0.05) is 6.54 Å². The van der Waals surface area contributed by atoms with Gasteiger partial charge in [0.25, 0.3) is 0 Å². The van der Waals surface area contributed by atoms with Crippen molar-refractivity contribution in [1.82, 2.24) is 5.32 Å². The Labute approximate surface area is 71.1 Å². The summed E-state index contributed by atoms with van der Waals surface area (Å²) < 4.78 is 0. The zero-order valence-electron chi connectivity index (χ0n) is 6.67. The lowest BCUT2D eigenvalue weighted by Crippen LogP contribution is -2.27. The van der Waals surface area contributed by atoms with Gasteiger partial charge in [0.15, 0.2) is 0 Å². The molecule has 1 aliphatic rings. The Bertz CT molecular complexity index is 319. The van der Waals surface area contributed by atoms with Crippen LogP contribution in [-0.2, 0) is 6.54 Å². The van der Waals surface area contributed by atoms with E-state index in [1.54, 1.807) is 0 Å². The fourth-order valence-corrected chi connectivity index (χ4v) is 1.58. The minimum Gasteiger partial charge on any atom is -0.386 e. The van der Waals surface area contributed by atoms with Crippen molar-refractivity contribution in [3.8, 4) is 0 Å². The van der Waals surface area contributed by atoms with Crippen LogP contribution in [0.15, 0.2) is 24.3 Å². The standard InChI is InChI=1S/C9H11N3/c10-9(11)8-7-4-2-1-3-6(7)5-12-8/h1-4,8,12H,5H2,(H3,10,11). The first-order chi connectivity index (χ1) is 5.79. The lowest BCUT2D eigenvalue weighted by Gasteiger charge is -2.08. The van der Waals surface area contributed by atoms with Gasteiger partial charge in [-0.05, 0) is 11.1 Å². The van der Waals surface area contributed by atoms with Gasteiger partial charge < -0.3 is 5.73 Å². The number of hydrogen-bond acceptors (Lipinski definition) is 2. The molecule has 0 bridgehead atoms. The summed E-state index contributed by atoms with van der Waals surface area (Å²) in [7, 11) is 0. The monoisotopic (exact) mass is 161 g/mol. The molecule has 0 spiro atoms. The molecule has 4 N–H and O–H groups in total. The Hall–Kier alpha value is -1.35. The van der Waals surface area contributed by atoms with Gasteiger partial charge in [0.05, 0.1) is 6.04 Å². The molecule has 62 valence electrons. The zero-order chi connectivity index (χ0) is 8.55. The first-order valence-corrected chi connectivity index (χ1v) is 3.94. The van der Waals surface area contributed by atoms with Crippen LogP contribution in [0, 0.1) is 5.41 Å². The Morgan fingerprint density at radius 1 is 1.50 bits per heavy atom. The van der Waals surface area contributed by atoms with E-state index < -0.39 is 0 Å². The molecule has 0 radical (unpaired) electrons. The van der Waals surface area contributed by atoms with Crippen molar-refractivity contribution in [3.63, 3.8) is 0 Å². The maximum absolute atomic E-state index is 7.34. The van der Waals surface area contributed by atoms with Gasteiger partial charge in [-0.3, -0.25) is 10.7 Å². The van der Waals surface area contributed by atoms with Crippen molar-refractivity contribution in [1.29, 1.82) is 5.41 Å². The molecule has 1 unspecified atom stereocenters. The number of nitrogens with two attached hydrogens (primary N) is 1. The molecule has 1 aromatic carbocycles. The maximum atomic E-state index is 7.34. The minimum atomic E-state index is -0.0683. The van der Waals surface area contributed by atoms with Crippen molar-refractivity contribution >= 4 is 5.84 Å². The molecule has 0 aliphatic carbocycles. The fourth-order valence-electron chi connectivity index (χ4n) is 1.58. The van der Waals surface area contributed by atoms with E-state index in [0.29, 0.717) is 0 Å². The van der Waals surface area contributed by atoms with Gasteiger partial charge >= 0.3 is 0 Å². The molecule has 0 saturated carbocycles. The van der Waals surface area contributed by atoms with Crippen LogP contribution in [-0.4, -0.2) is 5.84 Å². The summed E-state index contributed by atoms with van der Waals surface area (Å²) in [5, 5.41) is 10.5. The third kappa shape index (κ3) is 0.987. The summed E-state index contributed by atoms with van der Waals surface area (Å²) in [6, 6.07) is 7.98. The molecule has 0 aromatic heterocycles. The predicted octanol–water partition coefficient (Wildman–Crippen LogP) is 0.767. The topological polar surface area (TPSA) is 61.9 Å². The third-order valence-electron chi connectivity index (χ3n) is 2.17. The van der Waals surface area contributed by atoms with Crippen molar-refractivity contribution in [2.24, 2.45) is 5.73 Å². The Kier molecular flexibility index (Phi) is 1.59. The van der Waals surface area contributed by atoms with Gasteiger partial charge in [-0.2, -0.15) is 0 Å². The molecule has 3 heteroatoms. The highest BCUT2D eigenvalue weighted by molar-refractivity contribution is 5.85. The molecule has 0 amide bonds. The van der Waals surface area contributed by atoms with E-state index in [1.165, 1.54) is 5.56 Å². The molecule has 1 aliphatic heterocycles. The van der Waals surface area contributed by atoms with E-state index in [0.717, 1.165) is 12.1 Å². The largest absolute Gasteiger partial charge is 0.386 e. The maximum Gasteiger partial charge on any atom is 0.113 e. The molecular weight excluding hydrogens is 150 g/mol. The van der Waals surface area contributed by atoms with Gasteiger partial charge in [-0.15, -0.1) is 0 Å². The average molecular weight is 161 g/mol. The number of hydrogen-bond donors (Lipinski definition) is 3. The summed E-state index contributed by atoms with van der Waals surface area (Å²) in [6.45, 7) is 0.820. The summed E-state index contributed by atoms with van der Waals surface area (Å²) in [5.41, 5.74) is 7.82. The molecule has 1 heterocycles. The summed E-state index contributed by atoms with van der Waals surface area (Å²) in [5.74, 6) is 0.194. The zero-order valence-corrected chi connectivity index (χ0v) is 6.67.